The van der Waals surface area contributed by atoms with Crippen LogP contribution in [0, 0.1) is 0 Å². The van der Waals surface area contributed by atoms with Crippen LogP contribution in [-0.4, -0.2) is 23.6 Å². The van der Waals surface area contributed by atoms with E-state index >= 15 is 0 Å². The lowest BCUT2D eigenvalue weighted by Crippen LogP contribution is -2.02. The Balaban J connectivity index is 2.52. The highest BCUT2D eigenvalue weighted by Gasteiger charge is 2.10. The first-order valence-corrected chi connectivity index (χ1v) is 4.33. The van der Waals surface area contributed by atoms with E-state index < -0.39 is 0 Å². The normalized spacial score (nSPS) is 10.7. The van der Waals surface area contributed by atoms with Crippen LogP contribution in [-0.2, 0) is 6.42 Å². The van der Waals surface area contributed by atoms with Crippen LogP contribution < -0.4 is 10.5 Å². The molecule has 0 saturated carbocycles. The predicted molar refractivity (Wildman–Crippen MR) is 51.1 cm³/mol. The number of methoxy groups -OCH3 is 1. The van der Waals surface area contributed by atoms with E-state index in [1.54, 1.807) is 19.4 Å². The summed E-state index contributed by atoms with van der Waals surface area (Å²) in [6.07, 6.45) is 2.23. The molecule has 0 aliphatic carbocycles. The van der Waals surface area contributed by atoms with Gasteiger partial charge in [0, 0.05) is 25.2 Å². The second kappa shape index (κ2) is 3.63. The van der Waals surface area contributed by atoms with E-state index in [4.69, 9.17) is 14.9 Å². The second-order valence-corrected chi connectivity index (χ2v) is 2.81. The van der Waals surface area contributed by atoms with Gasteiger partial charge in [-0.25, -0.2) is 9.97 Å². The van der Waals surface area contributed by atoms with Gasteiger partial charge < -0.3 is 14.9 Å². The maximum Gasteiger partial charge on any atom is 0.250 e. The summed E-state index contributed by atoms with van der Waals surface area (Å²) >= 11 is 0. The van der Waals surface area contributed by atoms with Gasteiger partial charge in [-0.05, 0) is 0 Å². The van der Waals surface area contributed by atoms with Crippen LogP contribution in [0.4, 0.5) is 0 Å². The Morgan fingerprint density at radius 2 is 2.43 bits per heavy atom. The van der Waals surface area contributed by atoms with E-state index in [9.17, 15) is 0 Å². The van der Waals surface area contributed by atoms with Crippen LogP contribution >= 0.6 is 0 Å². The molecule has 0 aliphatic rings. The van der Waals surface area contributed by atoms with Gasteiger partial charge in [-0.1, -0.05) is 0 Å². The van der Waals surface area contributed by atoms with Crippen molar-refractivity contribution in [2.75, 3.05) is 13.7 Å². The van der Waals surface area contributed by atoms with Crippen molar-refractivity contribution in [3.8, 4) is 5.75 Å². The Bertz CT molecular complexity index is 439. The number of pyridine rings is 1. The fraction of sp³-hybridized carbons (Fsp3) is 0.333. The molecular weight excluding hydrogens is 182 g/mol. The van der Waals surface area contributed by atoms with E-state index in [1.807, 2.05) is 0 Å². The lowest BCUT2D eigenvalue weighted by atomic mass is 10.4. The minimum Gasteiger partial charge on any atom is -0.494 e. The van der Waals surface area contributed by atoms with E-state index in [0.717, 1.165) is 0 Å². The third-order valence-electron chi connectivity index (χ3n) is 1.88. The molecule has 2 aromatic heterocycles. The van der Waals surface area contributed by atoms with Crippen LogP contribution in [0.5, 0.6) is 5.75 Å². The Morgan fingerprint density at radius 3 is 3.14 bits per heavy atom. The highest BCUT2D eigenvalue weighted by atomic mass is 16.5. The summed E-state index contributed by atoms with van der Waals surface area (Å²) in [5, 5.41) is 0. The van der Waals surface area contributed by atoms with Crippen molar-refractivity contribution in [2.24, 2.45) is 5.73 Å². The van der Waals surface area contributed by atoms with Crippen molar-refractivity contribution >= 4 is 11.2 Å². The quantitative estimate of drug-likeness (QED) is 0.777. The predicted octanol–water partition coefficient (Wildman–Crippen LogP) is 0.733. The zero-order valence-corrected chi connectivity index (χ0v) is 7.86. The first-order valence-electron chi connectivity index (χ1n) is 4.33. The molecule has 0 aromatic carbocycles. The zero-order valence-electron chi connectivity index (χ0n) is 7.86. The molecule has 2 N–H and O–H groups in total. The van der Waals surface area contributed by atoms with Crippen LogP contribution in [0.1, 0.15) is 5.89 Å². The van der Waals surface area contributed by atoms with Crippen molar-refractivity contribution in [3.63, 3.8) is 0 Å². The van der Waals surface area contributed by atoms with E-state index in [2.05, 4.69) is 9.97 Å². The molecule has 74 valence electrons. The molecule has 2 heterocycles. The number of rotatable bonds is 3. The molecule has 5 heteroatoms. The summed E-state index contributed by atoms with van der Waals surface area (Å²) in [4.78, 5) is 8.28. The molecule has 0 fully saturated rings. The minimum absolute atomic E-state index is 0.493. The number of hydrogen-bond acceptors (Lipinski definition) is 5. The second-order valence-electron chi connectivity index (χ2n) is 2.81. The number of oxazole rings is 1. The number of nitrogens with two attached hydrogens (primary N) is 1. The van der Waals surface area contributed by atoms with Gasteiger partial charge in [0.15, 0.2) is 17.2 Å². The monoisotopic (exact) mass is 193 g/mol. The molecule has 0 bridgehead atoms. The SMILES string of the molecule is COc1ccnc2oc(CCN)nc12. The maximum absolute atomic E-state index is 5.40. The summed E-state index contributed by atoms with van der Waals surface area (Å²) in [6, 6.07) is 1.75. The first kappa shape index (κ1) is 8.96. The van der Waals surface area contributed by atoms with Gasteiger partial charge in [-0.3, -0.25) is 0 Å². The van der Waals surface area contributed by atoms with Gasteiger partial charge in [0.2, 0.25) is 0 Å². The summed E-state index contributed by atoms with van der Waals surface area (Å²) in [6.45, 7) is 0.509. The number of fused-ring (bicyclic) bond motifs is 1. The van der Waals surface area contributed by atoms with E-state index in [1.165, 1.54) is 0 Å². The van der Waals surface area contributed by atoms with Crippen molar-refractivity contribution in [2.45, 2.75) is 6.42 Å². The number of hydrogen-bond donors (Lipinski definition) is 1. The standard InChI is InChI=1S/C9H11N3O2/c1-13-6-3-5-11-9-8(6)12-7(14-9)2-4-10/h3,5H,2,4,10H2,1H3. The summed E-state index contributed by atoms with van der Waals surface area (Å²) < 4.78 is 10.5. The van der Waals surface area contributed by atoms with E-state index in [-0.39, 0.29) is 0 Å². The van der Waals surface area contributed by atoms with Crippen LogP contribution in [0.2, 0.25) is 0 Å². The molecular formula is C9H11N3O2. The van der Waals surface area contributed by atoms with Crippen LogP contribution in [0.15, 0.2) is 16.7 Å². The van der Waals surface area contributed by atoms with Crippen LogP contribution in [0.3, 0.4) is 0 Å². The van der Waals surface area contributed by atoms with Gasteiger partial charge in [0.1, 0.15) is 0 Å². The molecule has 0 atom stereocenters. The molecule has 2 aromatic rings. The van der Waals surface area contributed by atoms with Gasteiger partial charge in [0.05, 0.1) is 7.11 Å². The molecule has 2 rings (SSSR count). The average molecular weight is 193 g/mol. The Hall–Kier alpha value is -1.62. The first-order chi connectivity index (χ1) is 6.85. The molecule has 0 spiro atoms. The topological polar surface area (TPSA) is 74.2 Å². The summed E-state index contributed by atoms with van der Waals surface area (Å²) in [7, 11) is 1.59. The number of aromatic nitrogens is 2. The van der Waals surface area contributed by atoms with Crippen molar-refractivity contribution in [1.29, 1.82) is 0 Å². The summed E-state index contributed by atoms with van der Waals surface area (Å²) in [5.74, 6) is 1.27. The lowest BCUT2D eigenvalue weighted by Gasteiger charge is -1.96. The highest BCUT2D eigenvalue weighted by Crippen LogP contribution is 2.23. The Labute approximate surface area is 80.9 Å². The third kappa shape index (κ3) is 1.42. The molecule has 14 heavy (non-hydrogen) atoms. The summed E-state index contributed by atoms with van der Waals surface area (Å²) in [5.41, 5.74) is 6.55. The van der Waals surface area contributed by atoms with Gasteiger partial charge in [0.25, 0.3) is 5.71 Å². The Morgan fingerprint density at radius 1 is 1.57 bits per heavy atom. The fourth-order valence-corrected chi connectivity index (χ4v) is 1.25. The molecule has 0 aliphatic heterocycles. The zero-order chi connectivity index (χ0) is 9.97. The largest absolute Gasteiger partial charge is 0.494 e. The fourth-order valence-electron chi connectivity index (χ4n) is 1.25. The van der Waals surface area contributed by atoms with E-state index in [0.29, 0.717) is 35.8 Å². The van der Waals surface area contributed by atoms with Crippen molar-refractivity contribution in [3.05, 3.63) is 18.2 Å². The van der Waals surface area contributed by atoms with Crippen LogP contribution in [0.25, 0.3) is 11.2 Å². The maximum atomic E-state index is 5.40. The molecule has 0 unspecified atom stereocenters. The van der Waals surface area contributed by atoms with Crippen molar-refractivity contribution in [1.82, 2.24) is 9.97 Å². The number of ether oxygens (including phenoxy) is 1. The Kier molecular flexibility index (Phi) is 2.32. The highest BCUT2D eigenvalue weighted by molar-refractivity contribution is 5.75. The smallest absolute Gasteiger partial charge is 0.250 e. The van der Waals surface area contributed by atoms with Gasteiger partial charge in [-0.2, -0.15) is 0 Å². The van der Waals surface area contributed by atoms with Gasteiger partial charge in [-0.15, -0.1) is 0 Å². The molecule has 0 saturated heterocycles. The average Bonchev–Trinajstić information content (AvgIpc) is 2.60. The lowest BCUT2D eigenvalue weighted by molar-refractivity contribution is 0.418. The molecule has 0 amide bonds. The van der Waals surface area contributed by atoms with Gasteiger partial charge >= 0.3 is 0 Å². The number of nitrogens with zero attached hydrogens (tertiary/aromatic N) is 2. The molecule has 5 nitrogen and oxygen atoms in total. The minimum atomic E-state index is 0.493. The molecule has 0 radical (unpaired) electrons. The third-order valence-corrected chi connectivity index (χ3v) is 1.88. The van der Waals surface area contributed by atoms with Crippen molar-refractivity contribution < 1.29 is 9.15 Å².